The number of rotatable bonds is 14. The van der Waals surface area contributed by atoms with Gasteiger partial charge in [0.1, 0.15) is 30.5 Å². The molecule has 0 saturated carbocycles. The van der Waals surface area contributed by atoms with Gasteiger partial charge in [-0.3, -0.25) is 28.7 Å². The van der Waals surface area contributed by atoms with Crippen LogP contribution in [0.15, 0.2) is 33.7 Å². The third-order valence-corrected chi connectivity index (χ3v) is 9.15. The molecule has 17 nitrogen and oxygen atoms in total. The summed E-state index contributed by atoms with van der Waals surface area (Å²) in [6, 6.07) is 0.353. The van der Waals surface area contributed by atoms with Crippen molar-refractivity contribution < 1.29 is 47.5 Å². The molecule has 1 aromatic rings. The fraction of sp³-hybridized carbons (Fsp3) is 0.727. The van der Waals surface area contributed by atoms with E-state index in [1.165, 1.54) is 19.4 Å². The van der Waals surface area contributed by atoms with Crippen molar-refractivity contribution in [3.63, 3.8) is 0 Å². The number of nitrogens with zero attached hydrogens (tertiary/aromatic N) is 1. The minimum atomic E-state index is -1.58. The van der Waals surface area contributed by atoms with E-state index in [0.717, 1.165) is 49.2 Å². The first-order chi connectivity index (χ1) is 23.8. The molecule has 0 unspecified atom stereocenters. The Labute approximate surface area is 289 Å². The molecule has 4 aliphatic rings. The molecule has 278 valence electrons. The topological polar surface area (TPSA) is 221 Å². The van der Waals surface area contributed by atoms with Gasteiger partial charge in [-0.05, 0) is 52.5 Å². The summed E-state index contributed by atoms with van der Waals surface area (Å²) in [7, 11) is 1.39. The molecule has 3 fully saturated rings. The molecule has 50 heavy (non-hydrogen) atoms. The van der Waals surface area contributed by atoms with Crippen LogP contribution in [0, 0.1) is 0 Å². The molecule has 0 radical (unpaired) electrons. The molecule has 10 atom stereocenters. The maximum absolute atomic E-state index is 13.5. The Morgan fingerprint density at radius 2 is 1.92 bits per heavy atom. The number of hydrogen-bond donors (Lipinski definition) is 4. The Balaban J connectivity index is 1.40. The van der Waals surface area contributed by atoms with Crippen molar-refractivity contribution in [2.24, 2.45) is 5.73 Å². The van der Waals surface area contributed by atoms with Crippen LogP contribution >= 0.6 is 0 Å². The lowest BCUT2D eigenvalue weighted by molar-refractivity contribution is -0.241. The molecule has 0 spiro atoms. The zero-order chi connectivity index (χ0) is 36.2. The smallest absolute Gasteiger partial charge is 0.330 e. The highest BCUT2D eigenvalue weighted by Crippen LogP contribution is 2.39. The van der Waals surface area contributed by atoms with Gasteiger partial charge in [-0.2, -0.15) is 0 Å². The first kappa shape index (κ1) is 37.6. The van der Waals surface area contributed by atoms with E-state index < -0.39 is 84.0 Å². The molecular formula is C33H49N5O12. The molecule has 5 rings (SSSR count). The van der Waals surface area contributed by atoms with Crippen LogP contribution in [0.5, 0.6) is 0 Å². The Bertz CT molecular complexity index is 1530. The molecule has 0 aromatic carbocycles. The Morgan fingerprint density at radius 1 is 1.14 bits per heavy atom. The summed E-state index contributed by atoms with van der Waals surface area (Å²) in [6.07, 6.45) is -0.792. The highest BCUT2D eigenvalue weighted by atomic mass is 16.8. The minimum absolute atomic E-state index is 0.0210. The number of H-pyrrole nitrogens is 1. The van der Waals surface area contributed by atoms with Gasteiger partial charge in [0.05, 0.1) is 0 Å². The fourth-order valence-corrected chi connectivity index (χ4v) is 6.72. The number of unbranched alkanes of at least 4 members (excludes halogenated alkanes) is 3. The number of amides is 3. The van der Waals surface area contributed by atoms with E-state index in [1.807, 2.05) is 6.92 Å². The molecular weight excluding hydrogens is 658 g/mol. The van der Waals surface area contributed by atoms with Crippen LogP contribution in [0.1, 0.15) is 78.9 Å². The highest BCUT2D eigenvalue weighted by molar-refractivity contribution is 5.95. The van der Waals surface area contributed by atoms with E-state index in [1.54, 1.807) is 13.8 Å². The number of carbonyl (C=O) groups is 3. The van der Waals surface area contributed by atoms with Crippen LogP contribution in [-0.2, 0) is 47.5 Å². The summed E-state index contributed by atoms with van der Waals surface area (Å²) in [6.45, 7) is 7.64. The quantitative estimate of drug-likeness (QED) is 0.191. The van der Waals surface area contributed by atoms with Gasteiger partial charge in [0, 0.05) is 32.0 Å². The molecule has 3 saturated heterocycles. The van der Waals surface area contributed by atoms with Crippen molar-refractivity contribution in [2.75, 3.05) is 13.7 Å². The van der Waals surface area contributed by atoms with Gasteiger partial charge < -0.3 is 49.5 Å². The van der Waals surface area contributed by atoms with Crippen LogP contribution in [0.2, 0.25) is 0 Å². The number of nitrogens with two attached hydrogens (primary N) is 1. The SMILES string of the molecule is CCCCCCO[C@@H]1[C@H](OC)[C@@H]([C@@H](O[C@H]2OC(C(=O)N[C@H]3CCC[C@@H](C)NC3=O)=C[C@@H]3OC(C)(C)O[C@H]23)C(N)=O)O[C@H]1n1ccc(=O)[nH]c1=O. The lowest BCUT2D eigenvalue weighted by Crippen LogP contribution is -2.54. The van der Waals surface area contributed by atoms with Gasteiger partial charge in [0.2, 0.25) is 18.1 Å². The van der Waals surface area contributed by atoms with E-state index in [4.69, 9.17) is 38.9 Å². The summed E-state index contributed by atoms with van der Waals surface area (Å²) < 4.78 is 43.8. The zero-order valence-electron chi connectivity index (χ0n) is 29.1. The van der Waals surface area contributed by atoms with E-state index >= 15 is 0 Å². The zero-order valence-corrected chi connectivity index (χ0v) is 29.1. The Kier molecular flexibility index (Phi) is 12.2. The predicted octanol–water partition coefficient (Wildman–Crippen LogP) is 0.219. The summed E-state index contributed by atoms with van der Waals surface area (Å²) in [4.78, 5) is 66.3. The average Bonchev–Trinajstić information content (AvgIpc) is 3.52. The molecule has 0 aliphatic carbocycles. The number of hydrogen-bond acceptors (Lipinski definition) is 12. The summed E-state index contributed by atoms with van der Waals surface area (Å²) in [5.74, 6) is -3.27. The maximum atomic E-state index is 13.5. The van der Waals surface area contributed by atoms with Crippen LogP contribution < -0.4 is 27.6 Å². The van der Waals surface area contributed by atoms with Crippen molar-refractivity contribution >= 4 is 17.7 Å². The third kappa shape index (κ3) is 8.63. The van der Waals surface area contributed by atoms with E-state index in [-0.39, 0.29) is 17.7 Å². The van der Waals surface area contributed by atoms with Crippen molar-refractivity contribution in [3.8, 4) is 0 Å². The van der Waals surface area contributed by atoms with Crippen LogP contribution in [0.25, 0.3) is 0 Å². The number of aromatic nitrogens is 2. The summed E-state index contributed by atoms with van der Waals surface area (Å²) >= 11 is 0. The largest absolute Gasteiger partial charge is 0.456 e. The lowest BCUT2D eigenvalue weighted by atomic mass is 10.0. The van der Waals surface area contributed by atoms with Crippen LogP contribution in [0.3, 0.4) is 0 Å². The molecule has 17 heteroatoms. The number of carbonyl (C=O) groups excluding carboxylic acids is 3. The second kappa shape index (κ2) is 16.2. The minimum Gasteiger partial charge on any atom is -0.456 e. The monoisotopic (exact) mass is 707 g/mol. The van der Waals surface area contributed by atoms with E-state index in [0.29, 0.717) is 13.0 Å². The third-order valence-electron chi connectivity index (χ3n) is 9.15. The molecule has 1 aromatic heterocycles. The number of methoxy groups -OCH3 is 1. The lowest BCUT2D eigenvalue weighted by Gasteiger charge is -2.35. The molecule has 3 amide bonds. The van der Waals surface area contributed by atoms with Gasteiger partial charge in [0.15, 0.2) is 30.0 Å². The normalized spacial score (nSPS) is 32.6. The van der Waals surface area contributed by atoms with Crippen molar-refractivity contribution in [1.82, 2.24) is 20.2 Å². The second-order valence-electron chi connectivity index (χ2n) is 13.5. The maximum Gasteiger partial charge on any atom is 0.330 e. The Hall–Kier alpha value is -3.61. The van der Waals surface area contributed by atoms with Gasteiger partial charge in [-0.25, -0.2) is 4.79 Å². The number of ether oxygens (including phenoxy) is 7. The van der Waals surface area contributed by atoms with Crippen LogP contribution in [0.4, 0.5) is 0 Å². The average molecular weight is 708 g/mol. The second-order valence-corrected chi connectivity index (χ2v) is 13.5. The van der Waals surface area contributed by atoms with Gasteiger partial charge in [0.25, 0.3) is 11.5 Å². The Morgan fingerprint density at radius 3 is 2.62 bits per heavy atom. The number of primary amides is 1. The number of fused-ring (bicyclic) bond motifs is 1. The fourth-order valence-electron chi connectivity index (χ4n) is 6.72. The highest BCUT2D eigenvalue weighted by Gasteiger charge is 2.56. The van der Waals surface area contributed by atoms with E-state index in [2.05, 4.69) is 22.5 Å². The van der Waals surface area contributed by atoms with E-state index in [9.17, 15) is 24.0 Å². The molecule has 5 N–H and O–H groups in total. The number of aromatic amines is 1. The van der Waals surface area contributed by atoms with Crippen molar-refractivity contribution in [1.29, 1.82) is 0 Å². The standard InChI is InChI=1S/C33H49N5O12/c1-6-7-8-9-15-45-26-23(44-5)24(47-30(26)38-14-13-21(39)37-32(38)43)25(27(34)40)48-31-22-19(49-33(3,4)50-22)16-20(46-31)29(42)36-18-12-10-11-17(2)35-28(18)41/h13-14,16-19,22-26,30-31H,6-12,15H2,1-5H3,(H2,34,40)(H,35,41)(H,36,42)(H,37,39,43)/t17-,18+,19+,22+,23-,24+,25-,26-,30-,31-/m1/s1. The van der Waals surface area contributed by atoms with Gasteiger partial charge in [-0.15, -0.1) is 0 Å². The first-order valence-corrected chi connectivity index (χ1v) is 17.2. The van der Waals surface area contributed by atoms with Gasteiger partial charge >= 0.3 is 5.69 Å². The van der Waals surface area contributed by atoms with Gasteiger partial charge in [-0.1, -0.05) is 26.2 Å². The van der Waals surface area contributed by atoms with Crippen molar-refractivity contribution in [2.45, 2.75) is 140 Å². The van der Waals surface area contributed by atoms with Crippen LogP contribution in [-0.4, -0.2) is 102 Å². The first-order valence-electron chi connectivity index (χ1n) is 17.2. The predicted molar refractivity (Wildman–Crippen MR) is 174 cm³/mol. The summed E-state index contributed by atoms with van der Waals surface area (Å²) in [5, 5.41) is 5.61. The molecule has 0 bridgehead atoms. The molecule has 5 heterocycles. The van der Waals surface area contributed by atoms with Crippen molar-refractivity contribution in [3.05, 3.63) is 44.9 Å². The summed E-state index contributed by atoms with van der Waals surface area (Å²) in [5.41, 5.74) is 4.55. The molecule has 4 aliphatic heterocycles. The number of nitrogens with one attached hydrogen (secondary N) is 3.